The molecule has 0 bridgehead atoms. The first-order valence-electron chi connectivity index (χ1n) is 4.41. The maximum atomic E-state index is 5.16. The third kappa shape index (κ3) is 5.78. The Balaban J connectivity index is 3.44. The van der Waals surface area contributed by atoms with Gasteiger partial charge in [-0.15, -0.1) is 6.58 Å². The molecule has 1 unspecified atom stereocenters. The molecule has 0 saturated heterocycles. The molecule has 0 spiro atoms. The highest BCUT2D eigenvalue weighted by Crippen LogP contribution is 2.14. The molecular formula is C10H18S2. The maximum Gasteiger partial charge on any atom is 0.0110 e. The normalized spacial score (nSPS) is 12.5. The molecule has 12 heavy (non-hydrogen) atoms. The molecule has 0 aliphatic rings. The van der Waals surface area contributed by atoms with Crippen LogP contribution in [0.1, 0.15) is 26.7 Å². The third-order valence-corrected chi connectivity index (χ3v) is 3.24. The van der Waals surface area contributed by atoms with Crippen LogP contribution in [0.15, 0.2) is 12.7 Å². The van der Waals surface area contributed by atoms with Crippen LogP contribution < -0.4 is 0 Å². The highest BCUT2D eigenvalue weighted by Gasteiger charge is 2.06. The van der Waals surface area contributed by atoms with E-state index in [-0.39, 0.29) is 0 Å². The van der Waals surface area contributed by atoms with E-state index in [2.05, 4.69) is 20.4 Å². The van der Waals surface area contributed by atoms with Crippen LogP contribution >= 0.6 is 24.0 Å². The van der Waals surface area contributed by atoms with Gasteiger partial charge in [0.05, 0.1) is 0 Å². The van der Waals surface area contributed by atoms with Crippen LogP contribution in [0.2, 0.25) is 0 Å². The first-order chi connectivity index (χ1) is 5.72. The van der Waals surface area contributed by atoms with Gasteiger partial charge >= 0.3 is 0 Å². The van der Waals surface area contributed by atoms with Crippen molar-refractivity contribution < 1.29 is 0 Å². The molecular weight excluding hydrogens is 184 g/mol. The Hall–Kier alpha value is 0.180. The van der Waals surface area contributed by atoms with E-state index in [4.69, 9.17) is 12.2 Å². The summed E-state index contributed by atoms with van der Waals surface area (Å²) in [6, 6.07) is 0. The fourth-order valence-corrected chi connectivity index (χ4v) is 2.16. The van der Waals surface area contributed by atoms with Crippen molar-refractivity contribution in [1.29, 1.82) is 0 Å². The van der Waals surface area contributed by atoms with Gasteiger partial charge in [0.15, 0.2) is 0 Å². The Morgan fingerprint density at radius 1 is 1.67 bits per heavy atom. The van der Waals surface area contributed by atoms with Gasteiger partial charge in [0.2, 0.25) is 0 Å². The number of hydrogen-bond donors (Lipinski definition) is 0. The van der Waals surface area contributed by atoms with E-state index < -0.39 is 0 Å². The molecule has 1 atom stereocenters. The zero-order chi connectivity index (χ0) is 9.40. The second-order valence-corrected chi connectivity index (χ2v) is 4.66. The number of rotatable bonds is 7. The molecule has 0 radical (unpaired) electrons. The molecule has 0 aliphatic carbocycles. The van der Waals surface area contributed by atoms with Gasteiger partial charge in [0, 0.05) is 5.75 Å². The lowest BCUT2D eigenvalue weighted by atomic mass is 10.0. The van der Waals surface area contributed by atoms with Gasteiger partial charge in [-0.25, -0.2) is 0 Å². The Labute approximate surface area is 85.8 Å². The first kappa shape index (κ1) is 12.2. The van der Waals surface area contributed by atoms with Crippen LogP contribution in [0.3, 0.4) is 0 Å². The Bertz CT molecular complexity index is 141. The third-order valence-electron chi connectivity index (χ3n) is 1.91. The van der Waals surface area contributed by atoms with Crippen LogP contribution in [0, 0.1) is 5.92 Å². The van der Waals surface area contributed by atoms with Crippen molar-refractivity contribution in [2.24, 2.45) is 5.92 Å². The molecule has 0 heterocycles. The van der Waals surface area contributed by atoms with Crippen molar-refractivity contribution in [2.75, 3.05) is 11.5 Å². The highest BCUT2D eigenvalue weighted by atomic mass is 32.2. The van der Waals surface area contributed by atoms with Crippen molar-refractivity contribution in [1.82, 2.24) is 0 Å². The summed E-state index contributed by atoms with van der Waals surface area (Å²) in [4.78, 5) is 1.16. The fourth-order valence-electron chi connectivity index (χ4n) is 1.09. The molecule has 0 nitrogen and oxygen atoms in total. The molecule has 70 valence electrons. The average molecular weight is 202 g/mol. The topological polar surface area (TPSA) is 0 Å². The van der Waals surface area contributed by atoms with Gasteiger partial charge in [-0.2, -0.15) is 11.8 Å². The van der Waals surface area contributed by atoms with Crippen LogP contribution in [0.25, 0.3) is 0 Å². The predicted molar refractivity (Wildman–Crippen MR) is 64.2 cm³/mol. The smallest absolute Gasteiger partial charge is 0.0110 e. The SMILES string of the molecule is C=CCSCCC(CC)C(C)=S. The molecule has 0 N–H and O–H groups in total. The second kappa shape index (κ2) is 7.81. The molecule has 0 rings (SSSR count). The summed E-state index contributed by atoms with van der Waals surface area (Å²) < 4.78 is 0. The van der Waals surface area contributed by atoms with Crippen molar-refractivity contribution in [3.05, 3.63) is 12.7 Å². The largest absolute Gasteiger partial charge is 0.158 e. The Morgan fingerprint density at radius 3 is 2.75 bits per heavy atom. The summed E-state index contributed by atoms with van der Waals surface area (Å²) in [6.07, 6.45) is 4.37. The molecule has 0 saturated carbocycles. The van der Waals surface area contributed by atoms with Gasteiger partial charge in [-0.3, -0.25) is 0 Å². The number of thiocarbonyl (C=S) groups is 1. The molecule has 0 aliphatic heterocycles. The van der Waals surface area contributed by atoms with E-state index in [1.165, 1.54) is 18.6 Å². The quantitative estimate of drug-likeness (QED) is 0.351. The summed E-state index contributed by atoms with van der Waals surface area (Å²) in [5.74, 6) is 2.92. The first-order valence-corrected chi connectivity index (χ1v) is 5.97. The summed E-state index contributed by atoms with van der Waals surface area (Å²) in [5.41, 5.74) is 0. The lowest BCUT2D eigenvalue weighted by Crippen LogP contribution is -2.08. The molecule has 0 amide bonds. The zero-order valence-electron chi connectivity index (χ0n) is 8.01. The summed E-state index contributed by atoms with van der Waals surface area (Å²) in [6.45, 7) is 7.95. The molecule has 0 aromatic rings. The standard InChI is InChI=1S/C10H18S2/c1-4-7-12-8-6-10(5-2)9(3)11/h4,10H,1,5-8H2,2-3H3. The van der Waals surface area contributed by atoms with Crippen molar-refractivity contribution in [3.63, 3.8) is 0 Å². The van der Waals surface area contributed by atoms with Gasteiger partial charge in [0.1, 0.15) is 0 Å². The van der Waals surface area contributed by atoms with Crippen LogP contribution in [-0.2, 0) is 0 Å². The van der Waals surface area contributed by atoms with E-state index in [1.807, 2.05) is 17.8 Å². The average Bonchev–Trinajstić information content (AvgIpc) is 2.04. The highest BCUT2D eigenvalue weighted by molar-refractivity contribution is 7.99. The Kier molecular flexibility index (Phi) is 7.93. The van der Waals surface area contributed by atoms with Crippen LogP contribution in [-0.4, -0.2) is 16.4 Å². The summed E-state index contributed by atoms with van der Waals surface area (Å²) >= 11 is 7.10. The summed E-state index contributed by atoms with van der Waals surface area (Å²) in [5, 5.41) is 0. The predicted octanol–water partition coefficient (Wildman–Crippen LogP) is 3.71. The fraction of sp³-hybridized carbons (Fsp3) is 0.700. The van der Waals surface area contributed by atoms with Gasteiger partial charge in [0.25, 0.3) is 0 Å². The van der Waals surface area contributed by atoms with Gasteiger partial charge in [-0.1, -0.05) is 25.2 Å². The van der Waals surface area contributed by atoms with Crippen molar-refractivity contribution >= 4 is 28.8 Å². The Morgan fingerprint density at radius 2 is 2.33 bits per heavy atom. The van der Waals surface area contributed by atoms with E-state index >= 15 is 0 Å². The summed E-state index contributed by atoms with van der Waals surface area (Å²) in [7, 11) is 0. The van der Waals surface area contributed by atoms with Gasteiger partial charge in [-0.05, 0) is 36.3 Å². The monoisotopic (exact) mass is 202 g/mol. The molecule has 2 heteroatoms. The maximum absolute atomic E-state index is 5.16. The minimum absolute atomic E-state index is 0.650. The lowest BCUT2D eigenvalue weighted by molar-refractivity contribution is 0.654. The molecule has 0 fully saturated rings. The second-order valence-electron chi connectivity index (χ2n) is 2.87. The molecule has 0 aromatic heterocycles. The molecule has 0 aromatic carbocycles. The van der Waals surface area contributed by atoms with Crippen LogP contribution in [0.5, 0.6) is 0 Å². The number of thioether (sulfide) groups is 1. The minimum atomic E-state index is 0.650. The van der Waals surface area contributed by atoms with Crippen LogP contribution in [0.4, 0.5) is 0 Å². The number of hydrogen-bond acceptors (Lipinski definition) is 2. The van der Waals surface area contributed by atoms with Crippen molar-refractivity contribution in [2.45, 2.75) is 26.7 Å². The zero-order valence-corrected chi connectivity index (χ0v) is 9.64. The minimum Gasteiger partial charge on any atom is -0.158 e. The van der Waals surface area contributed by atoms with Gasteiger partial charge < -0.3 is 0 Å². The van der Waals surface area contributed by atoms with E-state index in [0.717, 1.165) is 10.6 Å². The van der Waals surface area contributed by atoms with E-state index in [1.54, 1.807) is 0 Å². The van der Waals surface area contributed by atoms with E-state index in [0.29, 0.717) is 5.92 Å². The lowest BCUT2D eigenvalue weighted by Gasteiger charge is -2.11. The van der Waals surface area contributed by atoms with Crippen molar-refractivity contribution in [3.8, 4) is 0 Å². The van der Waals surface area contributed by atoms with E-state index in [9.17, 15) is 0 Å².